The maximum atomic E-state index is 5.34. The fourth-order valence-corrected chi connectivity index (χ4v) is 8.56. The van der Waals surface area contributed by atoms with E-state index in [4.69, 9.17) is 9.97 Å². The van der Waals surface area contributed by atoms with Crippen LogP contribution in [0.15, 0.2) is 206 Å². The van der Waals surface area contributed by atoms with E-state index in [1.807, 2.05) is 23.5 Å². The highest BCUT2D eigenvalue weighted by atomic mass is 32.1. The standard InChI is InChI=1S/C52H34N2S/c1-4-14-35(15-5-1)38-20-12-22-40(28-38)43-30-44(41-26-27-51-47(33-41)46-24-10-11-25-50(46)55-51)32-45(31-43)49-34-48(37-18-8-3-9-19-37)53-52(54-49)42-23-13-21-39(29-42)36-16-6-2-7-17-36/h1-34H. The van der Waals surface area contributed by atoms with Gasteiger partial charge in [0.15, 0.2) is 5.82 Å². The molecule has 0 atom stereocenters. The summed E-state index contributed by atoms with van der Waals surface area (Å²) < 4.78 is 2.60. The van der Waals surface area contributed by atoms with E-state index in [0.717, 1.165) is 55.9 Å². The quantitative estimate of drug-likeness (QED) is 0.164. The number of rotatable bonds is 7. The zero-order valence-corrected chi connectivity index (χ0v) is 30.7. The zero-order valence-electron chi connectivity index (χ0n) is 29.9. The average molecular weight is 719 g/mol. The molecule has 0 radical (unpaired) electrons. The summed E-state index contributed by atoms with van der Waals surface area (Å²) in [6.07, 6.45) is 0. The van der Waals surface area contributed by atoms with Gasteiger partial charge in [0, 0.05) is 36.9 Å². The van der Waals surface area contributed by atoms with Crippen LogP contribution in [0.25, 0.3) is 98.6 Å². The average Bonchev–Trinajstić information content (AvgIpc) is 3.65. The Labute approximate surface area is 324 Å². The minimum absolute atomic E-state index is 0.693. The lowest BCUT2D eigenvalue weighted by molar-refractivity contribution is 1.18. The Kier molecular flexibility index (Phi) is 8.40. The Morgan fingerprint density at radius 1 is 0.255 bits per heavy atom. The normalized spacial score (nSPS) is 11.3. The van der Waals surface area contributed by atoms with Crippen molar-refractivity contribution >= 4 is 31.5 Å². The van der Waals surface area contributed by atoms with Gasteiger partial charge in [-0.3, -0.25) is 0 Å². The zero-order chi connectivity index (χ0) is 36.6. The highest BCUT2D eigenvalue weighted by molar-refractivity contribution is 7.25. The molecule has 2 nitrogen and oxygen atoms in total. The smallest absolute Gasteiger partial charge is 0.160 e. The molecular formula is C52H34N2S. The topological polar surface area (TPSA) is 25.8 Å². The third-order valence-electron chi connectivity index (χ3n) is 10.3. The lowest BCUT2D eigenvalue weighted by Gasteiger charge is -2.14. The van der Waals surface area contributed by atoms with Gasteiger partial charge in [0.2, 0.25) is 0 Å². The van der Waals surface area contributed by atoms with Gasteiger partial charge >= 0.3 is 0 Å². The summed E-state index contributed by atoms with van der Waals surface area (Å²) in [5, 5.41) is 2.58. The summed E-state index contributed by atoms with van der Waals surface area (Å²) in [4.78, 5) is 10.5. The van der Waals surface area contributed by atoms with Crippen LogP contribution in [0, 0.1) is 0 Å². The van der Waals surface area contributed by atoms with Crippen LogP contribution in [-0.4, -0.2) is 9.97 Å². The predicted octanol–water partition coefficient (Wildman–Crippen LogP) is 14.5. The second-order valence-electron chi connectivity index (χ2n) is 13.8. The predicted molar refractivity (Wildman–Crippen MR) is 233 cm³/mol. The van der Waals surface area contributed by atoms with Gasteiger partial charge in [-0.25, -0.2) is 9.97 Å². The van der Waals surface area contributed by atoms with Crippen LogP contribution in [0.3, 0.4) is 0 Å². The largest absolute Gasteiger partial charge is 0.228 e. The molecule has 2 aromatic heterocycles. The molecule has 0 unspecified atom stereocenters. The Morgan fingerprint density at radius 3 is 1.35 bits per heavy atom. The van der Waals surface area contributed by atoms with Crippen molar-refractivity contribution in [3.8, 4) is 78.4 Å². The molecule has 0 bridgehead atoms. The number of thiophene rings is 1. The fourth-order valence-electron chi connectivity index (χ4n) is 7.47. The number of hydrogen-bond acceptors (Lipinski definition) is 3. The molecule has 0 spiro atoms. The van der Waals surface area contributed by atoms with Gasteiger partial charge < -0.3 is 0 Å². The molecule has 3 heteroatoms. The highest BCUT2D eigenvalue weighted by Gasteiger charge is 2.15. The third-order valence-corrected chi connectivity index (χ3v) is 11.4. The second-order valence-corrected chi connectivity index (χ2v) is 14.9. The highest BCUT2D eigenvalue weighted by Crippen LogP contribution is 2.40. The van der Waals surface area contributed by atoms with Crippen LogP contribution in [0.2, 0.25) is 0 Å². The first-order chi connectivity index (χ1) is 27.2. The van der Waals surface area contributed by atoms with E-state index in [1.54, 1.807) is 0 Å². The molecule has 2 heterocycles. The summed E-state index contributed by atoms with van der Waals surface area (Å²) in [5.74, 6) is 0.693. The van der Waals surface area contributed by atoms with Crippen molar-refractivity contribution in [3.05, 3.63) is 206 Å². The lowest BCUT2D eigenvalue weighted by atomic mass is 9.92. The maximum Gasteiger partial charge on any atom is 0.160 e. The number of aromatic nitrogens is 2. The monoisotopic (exact) mass is 718 g/mol. The first-order valence-electron chi connectivity index (χ1n) is 18.6. The number of nitrogens with zero attached hydrogens (tertiary/aromatic N) is 2. The van der Waals surface area contributed by atoms with Gasteiger partial charge in [-0.05, 0) is 99.1 Å². The van der Waals surface area contributed by atoms with Crippen LogP contribution in [-0.2, 0) is 0 Å². The molecule has 0 N–H and O–H groups in total. The van der Waals surface area contributed by atoms with Gasteiger partial charge in [0.1, 0.15) is 0 Å². The van der Waals surface area contributed by atoms with Crippen LogP contribution in [0.5, 0.6) is 0 Å². The van der Waals surface area contributed by atoms with E-state index in [-0.39, 0.29) is 0 Å². The fraction of sp³-hybridized carbons (Fsp3) is 0. The SMILES string of the molecule is c1ccc(-c2cccc(-c3cc(-c4ccc5sc6ccccc6c5c4)cc(-c4cc(-c5ccccc5)nc(-c5cccc(-c6ccccc6)c5)n4)c3)c2)cc1. The van der Waals surface area contributed by atoms with Crippen LogP contribution in [0.4, 0.5) is 0 Å². The van der Waals surface area contributed by atoms with E-state index >= 15 is 0 Å². The molecule has 8 aromatic carbocycles. The molecule has 0 amide bonds. The third kappa shape index (κ3) is 6.52. The number of benzene rings is 8. The van der Waals surface area contributed by atoms with Crippen LogP contribution in [0.1, 0.15) is 0 Å². The van der Waals surface area contributed by atoms with Gasteiger partial charge in [-0.2, -0.15) is 0 Å². The minimum atomic E-state index is 0.693. The van der Waals surface area contributed by atoms with Crippen molar-refractivity contribution < 1.29 is 0 Å². The number of fused-ring (bicyclic) bond motifs is 3. The molecule has 0 aliphatic carbocycles. The molecule has 10 rings (SSSR count). The van der Waals surface area contributed by atoms with Gasteiger partial charge in [-0.15, -0.1) is 11.3 Å². The Bertz CT molecular complexity index is 2970. The van der Waals surface area contributed by atoms with Gasteiger partial charge in [0.25, 0.3) is 0 Å². The molecule has 258 valence electrons. The van der Waals surface area contributed by atoms with E-state index in [1.165, 1.54) is 36.9 Å². The van der Waals surface area contributed by atoms with Crippen molar-refractivity contribution in [1.29, 1.82) is 0 Å². The minimum Gasteiger partial charge on any atom is -0.228 e. The molecule has 0 saturated heterocycles. The van der Waals surface area contributed by atoms with Crippen molar-refractivity contribution in [3.63, 3.8) is 0 Å². The summed E-state index contributed by atoms with van der Waals surface area (Å²) in [5.41, 5.74) is 14.1. The molecule has 0 fully saturated rings. The second kappa shape index (κ2) is 14.1. The summed E-state index contributed by atoms with van der Waals surface area (Å²) >= 11 is 1.85. The van der Waals surface area contributed by atoms with E-state index in [9.17, 15) is 0 Å². The molecule has 0 saturated carbocycles. The molecule has 0 aliphatic rings. The van der Waals surface area contributed by atoms with Gasteiger partial charge in [-0.1, -0.05) is 152 Å². The van der Waals surface area contributed by atoms with Crippen molar-refractivity contribution in [1.82, 2.24) is 9.97 Å². The summed E-state index contributed by atoms with van der Waals surface area (Å²) in [7, 11) is 0. The maximum absolute atomic E-state index is 5.34. The Hall–Kier alpha value is -6.94. The van der Waals surface area contributed by atoms with Crippen LogP contribution < -0.4 is 0 Å². The summed E-state index contributed by atoms with van der Waals surface area (Å²) in [6, 6.07) is 73.5. The summed E-state index contributed by atoms with van der Waals surface area (Å²) in [6.45, 7) is 0. The first kappa shape index (κ1) is 32.7. The van der Waals surface area contributed by atoms with Crippen molar-refractivity contribution in [2.24, 2.45) is 0 Å². The lowest BCUT2D eigenvalue weighted by Crippen LogP contribution is -1.97. The van der Waals surface area contributed by atoms with Crippen molar-refractivity contribution in [2.75, 3.05) is 0 Å². The number of hydrogen-bond donors (Lipinski definition) is 0. The van der Waals surface area contributed by atoms with Gasteiger partial charge in [0.05, 0.1) is 11.4 Å². The molecule has 10 aromatic rings. The van der Waals surface area contributed by atoms with Crippen LogP contribution >= 0.6 is 11.3 Å². The van der Waals surface area contributed by atoms with E-state index in [0.29, 0.717) is 5.82 Å². The first-order valence-corrected chi connectivity index (χ1v) is 19.4. The van der Waals surface area contributed by atoms with Crippen molar-refractivity contribution in [2.45, 2.75) is 0 Å². The Balaban J connectivity index is 1.18. The van der Waals surface area contributed by atoms with E-state index < -0.39 is 0 Å². The van der Waals surface area contributed by atoms with E-state index in [2.05, 4.69) is 194 Å². The molecule has 0 aliphatic heterocycles. The molecule has 55 heavy (non-hydrogen) atoms. The Morgan fingerprint density at radius 2 is 0.691 bits per heavy atom. The molecular weight excluding hydrogens is 685 g/mol.